The Balaban J connectivity index is 1.90. The van der Waals surface area contributed by atoms with E-state index in [1.54, 1.807) is 6.07 Å². The number of ether oxygens (including phenoxy) is 2. The Hall–Kier alpha value is -3.28. The summed E-state index contributed by atoms with van der Waals surface area (Å²) in [5.41, 5.74) is 1.38. The minimum Gasteiger partial charge on any atom is -0.386 e. The molecule has 0 bridgehead atoms. The van der Waals surface area contributed by atoms with Crippen LogP contribution in [0.5, 0.6) is 0 Å². The van der Waals surface area contributed by atoms with Gasteiger partial charge in [-0.15, -0.1) is 0 Å². The van der Waals surface area contributed by atoms with Gasteiger partial charge in [-0.25, -0.2) is 19.2 Å². The van der Waals surface area contributed by atoms with E-state index in [4.69, 9.17) is 0 Å². The van der Waals surface area contributed by atoms with Gasteiger partial charge in [0.2, 0.25) is 0 Å². The second-order valence-corrected chi connectivity index (χ2v) is 4.87. The van der Waals surface area contributed by atoms with Crippen LogP contribution in [-0.2, 0) is 25.5 Å². The maximum atomic E-state index is 11.7. The minimum atomic E-state index is -0.723. The number of esters is 4. The second kappa shape index (κ2) is 5.49. The van der Waals surface area contributed by atoms with E-state index in [1.807, 2.05) is 0 Å². The van der Waals surface area contributed by atoms with Crippen LogP contribution in [0.3, 0.4) is 0 Å². The van der Waals surface area contributed by atoms with E-state index in [1.165, 1.54) is 30.4 Å². The number of hydrogen-bond donors (Lipinski definition) is 0. The van der Waals surface area contributed by atoms with Gasteiger partial charge in [0.1, 0.15) is 0 Å². The van der Waals surface area contributed by atoms with Crippen molar-refractivity contribution in [3.63, 3.8) is 0 Å². The summed E-state index contributed by atoms with van der Waals surface area (Å²) in [4.78, 5) is 46.1. The van der Waals surface area contributed by atoms with Gasteiger partial charge in [0.05, 0.1) is 22.3 Å². The molecule has 2 heterocycles. The maximum absolute atomic E-state index is 11.7. The van der Waals surface area contributed by atoms with Crippen molar-refractivity contribution in [3.05, 3.63) is 70.8 Å². The first-order chi connectivity index (χ1) is 11.0. The number of allylic oxidation sites excluding steroid dienone is 3. The Kier molecular flexibility index (Phi) is 3.50. The quantitative estimate of drug-likeness (QED) is 0.479. The average Bonchev–Trinajstić information content (AvgIpc) is 2.94. The van der Waals surface area contributed by atoms with E-state index >= 15 is 0 Å². The van der Waals surface area contributed by atoms with Crippen molar-refractivity contribution in [2.45, 2.75) is 6.42 Å². The molecule has 2 aliphatic rings. The molecule has 0 aliphatic carbocycles. The smallest absolute Gasteiger partial charge is 0.346 e. The van der Waals surface area contributed by atoms with Crippen LogP contribution in [-0.4, -0.2) is 23.9 Å². The van der Waals surface area contributed by atoms with Crippen molar-refractivity contribution in [2.75, 3.05) is 0 Å². The highest BCUT2D eigenvalue weighted by Crippen LogP contribution is 2.25. The minimum absolute atomic E-state index is 0.140. The Morgan fingerprint density at radius 3 is 2.26 bits per heavy atom. The van der Waals surface area contributed by atoms with E-state index in [0.717, 1.165) is 0 Å². The molecule has 0 spiro atoms. The highest BCUT2D eigenvalue weighted by atomic mass is 16.6. The number of hydrogen-bond acceptors (Lipinski definition) is 6. The standard InChI is InChI=1S/C17H10O6/c1-2-3-10-11(15(19)22-14(10)18)6-4-9-5-7-12-13(8-9)17(21)23-16(12)20/h2-3,5-8H,1,4H2/b10-3+,11-6+. The molecule has 114 valence electrons. The Morgan fingerprint density at radius 2 is 1.52 bits per heavy atom. The zero-order valence-electron chi connectivity index (χ0n) is 11.8. The Labute approximate surface area is 130 Å². The first kappa shape index (κ1) is 14.6. The molecule has 0 radical (unpaired) electrons. The SMILES string of the molecule is C=C/C=C1/C(=O)OC(=O)/C1=C/Cc1ccc2c(c1)C(=O)OC2=O. The summed E-state index contributed by atoms with van der Waals surface area (Å²) in [7, 11) is 0. The lowest BCUT2D eigenvalue weighted by Gasteiger charge is -1.99. The normalized spacial score (nSPS) is 20.0. The topological polar surface area (TPSA) is 86.7 Å². The average molecular weight is 310 g/mol. The van der Waals surface area contributed by atoms with Crippen LogP contribution >= 0.6 is 0 Å². The number of carbonyl (C=O) groups is 4. The van der Waals surface area contributed by atoms with Gasteiger partial charge in [0, 0.05) is 0 Å². The maximum Gasteiger partial charge on any atom is 0.346 e. The molecule has 0 amide bonds. The lowest BCUT2D eigenvalue weighted by atomic mass is 10.0. The summed E-state index contributed by atoms with van der Waals surface area (Å²) in [6.07, 6.45) is 4.60. The van der Waals surface area contributed by atoms with E-state index < -0.39 is 23.9 Å². The lowest BCUT2D eigenvalue weighted by molar-refractivity contribution is -0.149. The third-order valence-electron chi connectivity index (χ3n) is 3.45. The van der Waals surface area contributed by atoms with Crippen molar-refractivity contribution in [2.24, 2.45) is 0 Å². The predicted molar refractivity (Wildman–Crippen MR) is 77.4 cm³/mol. The van der Waals surface area contributed by atoms with Gasteiger partial charge in [0.25, 0.3) is 0 Å². The molecular weight excluding hydrogens is 300 g/mol. The predicted octanol–water partition coefficient (Wildman–Crippen LogP) is 1.66. The van der Waals surface area contributed by atoms with Crippen molar-refractivity contribution in [1.29, 1.82) is 0 Å². The molecule has 2 aliphatic heterocycles. The molecule has 1 saturated heterocycles. The van der Waals surface area contributed by atoms with E-state index in [-0.39, 0.29) is 28.7 Å². The first-order valence-electron chi connectivity index (χ1n) is 6.70. The van der Waals surface area contributed by atoms with Crippen molar-refractivity contribution < 1.29 is 28.7 Å². The van der Waals surface area contributed by atoms with Gasteiger partial charge < -0.3 is 9.47 Å². The molecule has 6 nitrogen and oxygen atoms in total. The van der Waals surface area contributed by atoms with Crippen LogP contribution in [0.25, 0.3) is 0 Å². The largest absolute Gasteiger partial charge is 0.386 e. The van der Waals surface area contributed by atoms with Crippen LogP contribution in [0, 0.1) is 0 Å². The highest BCUT2D eigenvalue weighted by Gasteiger charge is 2.33. The van der Waals surface area contributed by atoms with Gasteiger partial charge in [-0.1, -0.05) is 24.8 Å². The molecule has 0 unspecified atom stereocenters. The van der Waals surface area contributed by atoms with Crippen LogP contribution in [0.2, 0.25) is 0 Å². The fraction of sp³-hybridized carbons (Fsp3) is 0.0588. The Bertz CT molecular complexity index is 841. The van der Waals surface area contributed by atoms with Gasteiger partial charge in [-0.05, 0) is 30.2 Å². The molecule has 23 heavy (non-hydrogen) atoms. The molecule has 0 N–H and O–H groups in total. The van der Waals surface area contributed by atoms with Crippen molar-refractivity contribution in [3.8, 4) is 0 Å². The molecule has 1 aromatic rings. The summed E-state index contributed by atoms with van der Waals surface area (Å²) in [5.74, 6) is -2.80. The van der Waals surface area contributed by atoms with Crippen molar-refractivity contribution >= 4 is 23.9 Å². The third-order valence-corrected chi connectivity index (χ3v) is 3.45. The number of benzene rings is 1. The van der Waals surface area contributed by atoms with E-state index in [0.29, 0.717) is 5.56 Å². The molecule has 1 aromatic carbocycles. The summed E-state index contributed by atoms with van der Waals surface area (Å²) in [5, 5.41) is 0. The second-order valence-electron chi connectivity index (χ2n) is 4.87. The summed E-state index contributed by atoms with van der Waals surface area (Å²) >= 11 is 0. The van der Waals surface area contributed by atoms with Gasteiger partial charge in [0.15, 0.2) is 0 Å². The third kappa shape index (κ3) is 2.50. The van der Waals surface area contributed by atoms with Crippen molar-refractivity contribution in [1.82, 2.24) is 0 Å². The molecule has 0 aromatic heterocycles. The van der Waals surface area contributed by atoms with Crippen LogP contribution in [0.4, 0.5) is 0 Å². The zero-order valence-corrected chi connectivity index (χ0v) is 11.8. The summed E-state index contributed by atoms with van der Waals surface area (Å²) in [6.45, 7) is 3.49. The van der Waals surface area contributed by atoms with Gasteiger partial charge >= 0.3 is 23.9 Å². The summed E-state index contributed by atoms with van der Waals surface area (Å²) in [6, 6.07) is 4.67. The van der Waals surface area contributed by atoms with Crippen LogP contribution in [0.1, 0.15) is 26.3 Å². The Morgan fingerprint density at radius 1 is 0.870 bits per heavy atom. The molecule has 3 rings (SSSR count). The fourth-order valence-corrected chi connectivity index (χ4v) is 2.36. The monoisotopic (exact) mass is 310 g/mol. The molecule has 0 saturated carbocycles. The zero-order chi connectivity index (χ0) is 16.6. The van der Waals surface area contributed by atoms with Crippen LogP contribution < -0.4 is 0 Å². The lowest BCUT2D eigenvalue weighted by Crippen LogP contribution is -1.98. The highest BCUT2D eigenvalue weighted by molar-refractivity contribution is 6.18. The number of rotatable bonds is 3. The first-order valence-corrected chi connectivity index (χ1v) is 6.70. The number of cyclic esters (lactones) is 4. The van der Waals surface area contributed by atoms with Gasteiger partial charge in [-0.2, -0.15) is 0 Å². The van der Waals surface area contributed by atoms with Crippen LogP contribution in [0.15, 0.2) is 54.2 Å². The van der Waals surface area contributed by atoms with E-state index in [9.17, 15) is 19.2 Å². The summed E-state index contributed by atoms with van der Waals surface area (Å²) < 4.78 is 9.06. The molecule has 6 heteroatoms. The number of carbonyl (C=O) groups excluding carboxylic acids is 4. The van der Waals surface area contributed by atoms with Gasteiger partial charge in [-0.3, -0.25) is 0 Å². The number of fused-ring (bicyclic) bond motifs is 1. The molecular formula is C17H10O6. The molecule has 1 fully saturated rings. The fourth-order valence-electron chi connectivity index (χ4n) is 2.36. The molecule has 0 atom stereocenters. The van der Waals surface area contributed by atoms with E-state index in [2.05, 4.69) is 16.1 Å².